The van der Waals surface area contributed by atoms with Gasteiger partial charge < -0.3 is 4.74 Å². The molecule has 1 aliphatic rings. The molecule has 0 saturated carbocycles. The van der Waals surface area contributed by atoms with Gasteiger partial charge in [-0.25, -0.2) is 0 Å². The Balaban J connectivity index is 1.75. The molecule has 4 rings (SSSR count). The second kappa shape index (κ2) is 4.78. The summed E-state index contributed by atoms with van der Waals surface area (Å²) in [5, 5.41) is 11.2. The molecule has 0 spiro atoms. The normalized spacial score (nSPS) is 16.0. The zero-order valence-corrected chi connectivity index (χ0v) is 11.0. The summed E-state index contributed by atoms with van der Waals surface area (Å²) in [6.07, 6.45) is -0.107. The third kappa shape index (κ3) is 2.11. The van der Waals surface area contributed by atoms with Crippen LogP contribution < -0.4 is 15.4 Å². The number of nitrogens with one attached hydrogen (secondary N) is 2. The van der Waals surface area contributed by atoms with Crippen LogP contribution >= 0.6 is 0 Å². The highest BCUT2D eigenvalue weighted by atomic mass is 16.5. The van der Waals surface area contributed by atoms with Crippen molar-refractivity contribution in [3.05, 3.63) is 54.6 Å². The van der Waals surface area contributed by atoms with Gasteiger partial charge in [-0.2, -0.15) is 0 Å². The van der Waals surface area contributed by atoms with Gasteiger partial charge in [-0.15, -0.1) is 0 Å². The van der Waals surface area contributed by atoms with Gasteiger partial charge in [-0.3, -0.25) is 10.6 Å². The number of hydrogen-bond donors (Lipinski definition) is 2. The number of rotatable bonds is 2. The summed E-state index contributed by atoms with van der Waals surface area (Å²) in [6, 6.07) is 20.1. The smallest absolute Gasteiger partial charge is 0.207 e. The van der Waals surface area contributed by atoms with Gasteiger partial charge >= 0.3 is 0 Å². The molecule has 99 valence electrons. The van der Waals surface area contributed by atoms with Crippen LogP contribution in [-0.2, 0) is 0 Å². The SMILES string of the molecule is [c]1c(OC2NCCN2)ccc2cc3ccccc3cc12. The van der Waals surface area contributed by atoms with E-state index in [9.17, 15) is 0 Å². The molecule has 0 atom stereocenters. The molecule has 1 radical (unpaired) electrons. The van der Waals surface area contributed by atoms with Crippen molar-refractivity contribution < 1.29 is 4.74 Å². The first-order valence-electron chi connectivity index (χ1n) is 6.87. The molecule has 0 aromatic heterocycles. The molecule has 3 nitrogen and oxygen atoms in total. The van der Waals surface area contributed by atoms with Crippen molar-refractivity contribution in [2.45, 2.75) is 6.35 Å². The Bertz CT molecular complexity index is 763. The summed E-state index contributed by atoms with van der Waals surface area (Å²) >= 11 is 0. The Morgan fingerprint density at radius 1 is 0.900 bits per heavy atom. The minimum atomic E-state index is -0.107. The topological polar surface area (TPSA) is 33.3 Å². The molecule has 0 aliphatic carbocycles. The van der Waals surface area contributed by atoms with Crippen LogP contribution in [0.2, 0.25) is 0 Å². The Labute approximate surface area is 117 Å². The van der Waals surface area contributed by atoms with Crippen LogP contribution in [0, 0.1) is 6.07 Å². The van der Waals surface area contributed by atoms with Crippen LogP contribution in [0.5, 0.6) is 5.75 Å². The number of hydrogen-bond acceptors (Lipinski definition) is 3. The van der Waals surface area contributed by atoms with Gasteiger partial charge in [-0.05, 0) is 39.7 Å². The van der Waals surface area contributed by atoms with Crippen molar-refractivity contribution in [1.29, 1.82) is 0 Å². The van der Waals surface area contributed by atoms with E-state index in [2.05, 4.69) is 59.2 Å². The molecule has 0 unspecified atom stereocenters. The first-order chi connectivity index (χ1) is 9.88. The van der Waals surface area contributed by atoms with Crippen molar-refractivity contribution in [3.8, 4) is 5.75 Å². The Morgan fingerprint density at radius 3 is 2.45 bits per heavy atom. The predicted molar refractivity (Wildman–Crippen MR) is 80.7 cm³/mol. The molecule has 3 aromatic carbocycles. The molecule has 1 heterocycles. The van der Waals surface area contributed by atoms with Crippen LogP contribution in [0.15, 0.2) is 48.5 Å². The number of benzene rings is 3. The molecule has 1 aliphatic heterocycles. The van der Waals surface area contributed by atoms with Crippen molar-refractivity contribution in [1.82, 2.24) is 10.6 Å². The van der Waals surface area contributed by atoms with Gasteiger partial charge in [0.15, 0.2) is 0 Å². The maximum atomic E-state index is 5.82. The van der Waals surface area contributed by atoms with Crippen molar-refractivity contribution in [2.24, 2.45) is 0 Å². The van der Waals surface area contributed by atoms with Gasteiger partial charge in [0.2, 0.25) is 6.35 Å². The molecule has 1 saturated heterocycles. The van der Waals surface area contributed by atoms with E-state index in [0.29, 0.717) is 0 Å². The summed E-state index contributed by atoms with van der Waals surface area (Å²) in [4.78, 5) is 0. The summed E-state index contributed by atoms with van der Waals surface area (Å²) in [7, 11) is 0. The summed E-state index contributed by atoms with van der Waals surface area (Å²) in [6.45, 7) is 1.87. The molecule has 3 heteroatoms. The molecular weight excluding hydrogens is 248 g/mol. The van der Waals surface area contributed by atoms with E-state index >= 15 is 0 Å². The van der Waals surface area contributed by atoms with Gasteiger partial charge in [-0.1, -0.05) is 30.3 Å². The Morgan fingerprint density at radius 2 is 1.65 bits per heavy atom. The number of ether oxygens (including phenoxy) is 1. The zero-order chi connectivity index (χ0) is 13.4. The fourth-order valence-electron chi connectivity index (χ4n) is 2.60. The third-order valence-electron chi connectivity index (χ3n) is 3.62. The lowest BCUT2D eigenvalue weighted by atomic mass is 10.0. The average Bonchev–Trinajstić information content (AvgIpc) is 2.98. The van der Waals surface area contributed by atoms with Gasteiger partial charge in [0, 0.05) is 19.2 Å². The summed E-state index contributed by atoms with van der Waals surface area (Å²) in [5.74, 6) is 0.764. The highest BCUT2D eigenvalue weighted by Crippen LogP contribution is 2.25. The van der Waals surface area contributed by atoms with E-state index in [0.717, 1.165) is 24.2 Å². The van der Waals surface area contributed by atoms with Crippen molar-refractivity contribution >= 4 is 21.5 Å². The fraction of sp³-hybridized carbons (Fsp3) is 0.176. The summed E-state index contributed by atoms with van der Waals surface area (Å²) < 4.78 is 5.82. The minimum Gasteiger partial charge on any atom is -0.462 e. The largest absolute Gasteiger partial charge is 0.462 e. The van der Waals surface area contributed by atoms with Crippen LogP contribution in [0.25, 0.3) is 21.5 Å². The number of fused-ring (bicyclic) bond motifs is 2. The quantitative estimate of drug-likeness (QED) is 0.697. The molecular formula is C17H15N2O. The lowest BCUT2D eigenvalue weighted by molar-refractivity contribution is 0.165. The lowest BCUT2D eigenvalue weighted by Gasteiger charge is -2.14. The van der Waals surface area contributed by atoms with E-state index in [4.69, 9.17) is 4.74 Å². The standard InChI is InChI=1S/C17H15N2O/c1-2-4-13-10-15-11-16(20-17-18-7-8-19-17)6-5-14(15)9-12(13)3-1/h1-6,9-10,17-19H,7-8H2. The van der Waals surface area contributed by atoms with E-state index in [1.807, 2.05) is 6.07 Å². The highest BCUT2D eigenvalue weighted by Gasteiger charge is 2.14. The third-order valence-corrected chi connectivity index (χ3v) is 3.62. The first kappa shape index (κ1) is 11.7. The van der Waals surface area contributed by atoms with Gasteiger partial charge in [0.1, 0.15) is 5.75 Å². The molecule has 0 amide bonds. The van der Waals surface area contributed by atoms with Crippen LogP contribution in [0.4, 0.5) is 0 Å². The van der Waals surface area contributed by atoms with Gasteiger partial charge in [0.05, 0.1) is 0 Å². The highest BCUT2D eigenvalue weighted by molar-refractivity contribution is 5.98. The first-order valence-corrected chi connectivity index (χ1v) is 6.87. The second-order valence-corrected chi connectivity index (χ2v) is 5.02. The van der Waals surface area contributed by atoms with Crippen molar-refractivity contribution in [3.63, 3.8) is 0 Å². The summed E-state index contributed by atoms with van der Waals surface area (Å²) in [5.41, 5.74) is 0. The van der Waals surface area contributed by atoms with Crippen LogP contribution in [-0.4, -0.2) is 19.4 Å². The molecule has 0 bridgehead atoms. The molecule has 20 heavy (non-hydrogen) atoms. The minimum absolute atomic E-state index is 0.107. The monoisotopic (exact) mass is 263 g/mol. The fourth-order valence-corrected chi connectivity index (χ4v) is 2.60. The molecule has 3 aromatic rings. The van der Waals surface area contributed by atoms with Crippen LogP contribution in [0.3, 0.4) is 0 Å². The zero-order valence-electron chi connectivity index (χ0n) is 11.0. The van der Waals surface area contributed by atoms with E-state index in [-0.39, 0.29) is 6.35 Å². The Kier molecular flexibility index (Phi) is 2.80. The van der Waals surface area contributed by atoms with E-state index < -0.39 is 0 Å². The predicted octanol–water partition coefficient (Wildman–Crippen LogP) is 2.65. The van der Waals surface area contributed by atoms with Gasteiger partial charge in [0.25, 0.3) is 0 Å². The average molecular weight is 263 g/mol. The van der Waals surface area contributed by atoms with Crippen LogP contribution in [0.1, 0.15) is 0 Å². The maximum absolute atomic E-state index is 5.82. The van der Waals surface area contributed by atoms with E-state index in [1.54, 1.807) is 0 Å². The second-order valence-electron chi connectivity index (χ2n) is 5.02. The lowest BCUT2D eigenvalue weighted by Crippen LogP contribution is -2.36. The molecule has 2 N–H and O–H groups in total. The van der Waals surface area contributed by atoms with Crippen molar-refractivity contribution in [2.75, 3.05) is 13.1 Å². The molecule has 1 fully saturated rings. The Hall–Kier alpha value is -2.10. The maximum Gasteiger partial charge on any atom is 0.207 e. The van der Waals surface area contributed by atoms with E-state index in [1.165, 1.54) is 16.2 Å².